The van der Waals surface area contributed by atoms with Crippen molar-refractivity contribution in [2.75, 3.05) is 13.7 Å². The van der Waals surface area contributed by atoms with Gasteiger partial charge < -0.3 is 4.74 Å². The number of benzene rings is 1. The molecule has 5 nitrogen and oxygen atoms in total. The summed E-state index contributed by atoms with van der Waals surface area (Å²) in [6.45, 7) is -0.361. The molecule has 0 N–H and O–H groups in total. The lowest BCUT2D eigenvalue weighted by atomic mass is 10.1. The van der Waals surface area contributed by atoms with Crippen molar-refractivity contribution in [3.05, 3.63) is 33.8 Å². The molecule has 2 amide bonds. The number of hydrogen-bond acceptors (Lipinski definition) is 4. The number of esters is 1. The van der Waals surface area contributed by atoms with Gasteiger partial charge in [-0.1, -0.05) is 15.9 Å². The van der Waals surface area contributed by atoms with Gasteiger partial charge in [0, 0.05) is 4.47 Å². The van der Waals surface area contributed by atoms with Crippen molar-refractivity contribution < 1.29 is 19.1 Å². The van der Waals surface area contributed by atoms with Gasteiger partial charge in [-0.05, 0) is 18.2 Å². The van der Waals surface area contributed by atoms with Gasteiger partial charge in [0.25, 0.3) is 11.8 Å². The fraction of sp³-hybridized carbons (Fsp3) is 0.182. The standard InChI is InChI=1S/C11H8BrNO4/c1-17-9(14)5-13-10(15)7-3-2-6(12)4-8(7)11(13)16/h2-4H,5H2,1H3. The van der Waals surface area contributed by atoms with Gasteiger partial charge in [-0.25, -0.2) is 0 Å². The van der Waals surface area contributed by atoms with Crippen LogP contribution in [0.3, 0.4) is 0 Å². The van der Waals surface area contributed by atoms with E-state index in [0.29, 0.717) is 15.6 Å². The lowest BCUT2D eigenvalue weighted by Gasteiger charge is -2.11. The van der Waals surface area contributed by atoms with E-state index in [0.717, 1.165) is 4.90 Å². The van der Waals surface area contributed by atoms with E-state index in [1.807, 2.05) is 0 Å². The summed E-state index contributed by atoms with van der Waals surface area (Å²) >= 11 is 3.22. The second-order valence-electron chi connectivity index (χ2n) is 3.46. The number of carbonyl (C=O) groups is 3. The molecule has 0 aromatic heterocycles. The Morgan fingerprint density at radius 2 is 1.94 bits per heavy atom. The maximum absolute atomic E-state index is 11.9. The van der Waals surface area contributed by atoms with Crippen molar-refractivity contribution in [3.8, 4) is 0 Å². The summed E-state index contributed by atoms with van der Waals surface area (Å²) < 4.78 is 5.14. The van der Waals surface area contributed by atoms with Crippen molar-refractivity contribution in [3.63, 3.8) is 0 Å². The van der Waals surface area contributed by atoms with Gasteiger partial charge in [-0.3, -0.25) is 19.3 Å². The van der Waals surface area contributed by atoms with Crippen molar-refractivity contribution in [1.82, 2.24) is 4.90 Å². The van der Waals surface area contributed by atoms with Crippen molar-refractivity contribution in [2.24, 2.45) is 0 Å². The van der Waals surface area contributed by atoms with E-state index in [1.54, 1.807) is 18.2 Å². The molecule has 1 aromatic carbocycles. The maximum atomic E-state index is 11.9. The normalized spacial score (nSPS) is 13.9. The number of fused-ring (bicyclic) bond motifs is 1. The highest BCUT2D eigenvalue weighted by Crippen LogP contribution is 2.25. The Bertz CT molecular complexity index is 526. The number of halogens is 1. The average molecular weight is 298 g/mol. The summed E-state index contributed by atoms with van der Waals surface area (Å²) in [6, 6.07) is 4.79. The minimum atomic E-state index is -0.626. The Morgan fingerprint density at radius 1 is 1.29 bits per heavy atom. The van der Waals surface area contributed by atoms with E-state index in [2.05, 4.69) is 20.7 Å². The molecule has 0 spiro atoms. The highest BCUT2D eigenvalue weighted by molar-refractivity contribution is 9.10. The SMILES string of the molecule is COC(=O)CN1C(=O)c2ccc(Br)cc2C1=O. The summed E-state index contributed by atoms with van der Waals surface area (Å²) in [5.41, 5.74) is 0.607. The molecule has 88 valence electrons. The van der Waals surface area contributed by atoms with Crippen molar-refractivity contribution >= 4 is 33.7 Å². The molecule has 2 rings (SSSR count). The van der Waals surface area contributed by atoms with Gasteiger partial charge in [0.05, 0.1) is 18.2 Å². The summed E-state index contributed by atoms with van der Waals surface area (Å²) in [7, 11) is 1.21. The van der Waals surface area contributed by atoms with Gasteiger partial charge >= 0.3 is 5.97 Å². The lowest BCUT2D eigenvalue weighted by molar-refractivity contribution is -0.140. The molecule has 0 aliphatic carbocycles. The molecule has 0 bridgehead atoms. The predicted octanol–water partition coefficient (Wildman–Crippen LogP) is 1.22. The molecule has 0 radical (unpaired) electrons. The molecule has 0 unspecified atom stereocenters. The van der Waals surface area contributed by atoms with Gasteiger partial charge in [-0.15, -0.1) is 0 Å². The maximum Gasteiger partial charge on any atom is 0.325 e. The number of imide groups is 1. The van der Waals surface area contributed by atoms with Crippen LogP contribution in [0.5, 0.6) is 0 Å². The summed E-state index contributed by atoms with van der Waals surface area (Å²) in [5, 5.41) is 0. The monoisotopic (exact) mass is 297 g/mol. The first-order valence-electron chi connectivity index (χ1n) is 4.77. The zero-order valence-electron chi connectivity index (χ0n) is 8.90. The highest BCUT2D eigenvalue weighted by Gasteiger charge is 2.36. The van der Waals surface area contributed by atoms with E-state index in [1.165, 1.54) is 7.11 Å². The average Bonchev–Trinajstić information content (AvgIpc) is 2.54. The van der Waals surface area contributed by atoms with Crippen LogP contribution in [0, 0.1) is 0 Å². The van der Waals surface area contributed by atoms with Gasteiger partial charge in [0.1, 0.15) is 6.54 Å². The van der Waals surface area contributed by atoms with E-state index in [4.69, 9.17) is 0 Å². The molecule has 6 heteroatoms. The van der Waals surface area contributed by atoms with Gasteiger partial charge in [0.2, 0.25) is 0 Å². The van der Waals surface area contributed by atoms with E-state index >= 15 is 0 Å². The third kappa shape index (κ3) is 1.95. The first-order valence-corrected chi connectivity index (χ1v) is 5.56. The molecular weight excluding hydrogens is 290 g/mol. The van der Waals surface area contributed by atoms with Crippen LogP contribution in [-0.4, -0.2) is 36.3 Å². The number of ether oxygens (including phenoxy) is 1. The van der Waals surface area contributed by atoms with Crippen molar-refractivity contribution in [1.29, 1.82) is 0 Å². The Hall–Kier alpha value is -1.69. The fourth-order valence-electron chi connectivity index (χ4n) is 1.60. The Balaban J connectivity index is 2.35. The number of hydrogen-bond donors (Lipinski definition) is 0. The third-order valence-electron chi connectivity index (χ3n) is 2.45. The molecule has 0 saturated carbocycles. The second kappa shape index (κ2) is 4.29. The molecular formula is C11H8BrNO4. The topological polar surface area (TPSA) is 63.7 Å². The third-order valence-corrected chi connectivity index (χ3v) is 2.94. The van der Waals surface area contributed by atoms with E-state index in [-0.39, 0.29) is 6.54 Å². The zero-order chi connectivity index (χ0) is 12.6. The van der Waals surface area contributed by atoms with Crippen molar-refractivity contribution in [2.45, 2.75) is 0 Å². The molecule has 0 atom stereocenters. The minimum absolute atomic E-state index is 0.299. The molecule has 1 aromatic rings. The molecule has 0 fully saturated rings. The number of methoxy groups -OCH3 is 1. The smallest absolute Gasteiger partial charge is 0.325 e. The molecule has 1 aliphatic rings. The summed E-state index contributed by atoms with van der Waals surface area (Å²) in [5.74, 6) is -1.57. The Labute approximate surface area is 105 Å². The van der Waals surface area contributed by atoms with Crippen LogP contribution >= 0.6 is 15.9 Å². The number of amides is 2. The molecule has 17 heavy (non-hydrogen) atoms. The second-order valence-corrected chi connectivity index (χ2v) is 4.38. The molecule has 0 saturated heterocycles. The van der Waals surface area contributed by atoms with Crippen LogP contribution in [-0.2, 0) is 9.53 Å². The number of nitrogens with zero attached hydrogens (tertiary/aromatic N) is 1. The summed E-state index contributed by atoms with van der Waals surface area (Å²) in [4.78, 5) is 35.7. The first kappa shape index (κ1) is 11.8. The van der Waals surface area contributed by atoms with E-state index < -0.39 is 17.8 Å². The number of rotatable bonds is 2. The highest BCUT2D eigenvalue weighted by atomic mass is 79.9. The van der Waals surface area contributed by atoms with E-state index in [9.17, 15) is 14.4 Å². The zero-order valence-corrected chi connectivity index (χ0v) is 10.5. The molecule has 1 aliphatic heterocycles. The van der Waals surface area contributed by atoms with Crippen LogP contribution in [0.15, 0.2) is 22.7 Å². The molecule has 1 heterocycles. The quantitative estimate of drug-likeness (QED) is 0.608. The van der Waals surface area contributed by atoms with Crippen LogP contribution in [0.25, 0.3) is 0 Å². The Kier molecular flexibility index (Phi) is 2.97. The minimum Gasteiger partial charge on any atom is -0.468 e. The summed E-state index contributed by atoms with van der Waals surface area (Å²) in [6.07, 6.45) is 0. The Morgan fingerprint density at radius 3 is 2.59 bits per heavy atom. The largest absolute Gasteiger partial charge is 0.468 e. The van der Waals surface area contributed by atoms with Crippen LogP contribution in [0.2, 0.25) is 0 Å². The van der Waals surface area contributed by atoms with Crippen LogP contribution in [0.4, 0.5) is 0 Å². The van der Waals surface area contributed by atoms with Gasteiger partial charge in [-0.2, -0.15) is 0 Å². The van der Waals surface area contributed by atoms with Crippen LogP contribution < -0.4 is 0 Å². The lowest BCUT2D eigenvalue weighted by Crippen LogP contribution is -2.35. The van der Waals surface area contributed by atoms with Crippen LogP contribution in [0.1, 0.15) is 20.7 Å². The predicted molar refractivity (Wildman–Crippen MR) is 61.5 cm³/mol. The van der Waals surface area contributed by atoms with Gasteiger partial charge in [0.15, 0.2) is 0 Å². The first-order chi connectivity index (χ1) is 8.04. The number of carbonyl (C=O) groups excluding carboxylic acids is 3. The fourth-order valence-corrected chi connectivity index (χ4v) is 1.96.